The maximum absolute atomic E-state index is 4.13. The fraction of sp³-hybridized carbons (Fsp3) is 0.833. The van der Waals surface area contributed by atoms with Gasteiger partial charge in [0.25, 0.3) is 0 Å². The molecule has 0 aliphatic rings. The summed E-state index contributed by atoms with van der Waals surface area (Å²) in [4.78, 5) is 4.13. The second kappa shape index (κ2) is 2.10. The van der Waals surface area contributed by atoms with Crippen LogP contribution in [0.1, 0.15) is 27.7 Å². The number of rotatable bonds is 0. The maximum atomic E-state index is 4.13. The number of aliphatic imine (C=N–C) groups is 1. The van der Waals surface area contributed by atoms with Gasteiger partial charge in [-0.1, -0.05) is 0 Å². The van der Waals surface area contributed by atoms with Crippen LogP contribution in [0.2, 0.25) is 0 Å². The molecular weight excluding hydrogens is 86.1 g/mol. The Morgan fingerprint density at radius 2 is 1.71 bits per heavy atom. The Labute approximate surface area is 45.5 Å². The van der Waals surface area contributed by atoms with Crippen LogP contribution < -0.4 is 0 Å². The van der Waals surface area contributed by atoms with E-state index in [9.17, 15) is 0 Å². The summed E-state index contributed by atoms with van der Waals surface area (Å²) >= 11 is 0. The molecule has 0 N–H and O–H groups in total. The molecule has 0 aliphatic heterocycles. The van der Waals surface area contributed by atoms with Gasteiger partial charge in [-0.05, 0) is 33.9 Å². The van der Waals surface area contributed by atoms with Crippen LogP contribution >= 0.6 is 0 Å². The molecule has 0 saturated heterocycles. The SMILES string of the molecule is C/C=N/C(C)(C)C. The summed E-state index contributed by atoms with van der Waals surface area (Å²) in [7, 11) is 0. The molecule has 0 rings (SSSR count). The summed E-state index contributed by atoms with van der Waals surface area (Å²) in [5.74, 6) is 0. The third kappa shape index (κ3) is 5.67. The van der Waals surface area contributed by atoms with Crippen molar-refractivity contribution in [3.63, 3.8) is 0 Å². The van der Waals surface area contributed by atoms with Crippen molar-refractivity contribution in [3.8, 4) is 0 Å². The van der Waals surface area contributed by atoms with Gasteiger partial charge in [0.05, 0.1) is 5.54 Å². The fourth-order valence-electron chi connectivity index (χ4n) is 0.387. The quantitative estimate of drug-likeness (QED) is 0.411. The van der Waals surface area contributed by atoms with Crippen molar-refractivity contribution in [3.05, 3.63) is 0 Å². The minimum atomic E-state index is 0.120. The van der Waals surface area contributed by atoms with Gasteiger partial charge >= 0.3 is 0 Å². The van der Waals surface area contributed by atoms with Gasteiger partial charge in [-0.15, -0.1) is 0 Å². The maximum Gasteiger partial charge on any atom is 0.0520 e. The van der Waals surface area contributed by atoms with Gasteiger partial charge in [0.2, 0.25) is 0 Å². The molecule has 0 aromatic heterocycles. The summed E-state index contributed by atoms with van der Waals surface area (Å²) in [6.45, 7) is 8.16. The highest BCUT2D eigenvalue weighted by Gasteiger charge is 2.02. The molecule has 0 aromatic carbocycles. The topological polar surface area (TPSA) is 12.4 Å². The van der Waals surface area contributed by atoms with Gasteiger partial charge < -0.3 is 0 Å². The molecule has 0 fully saturated rings. The predicted octanol–water partition coefficient (Wildman–Crippen LogP) is 1.88. The number of hydrogen-bond acceptors (Lipinski definition) is 1. The van der Waals surface area contributed by atoms with Crippen LogP contribution in [0, 0.1) is 0 Å². The fourth-order valence-corrected chi connectivity index (χ4v) is 0.387. The lowest BCUT2D eigenvalue weighted by molar-refractivity contribution is 0.586. The summed E-state index contributed by atoms with van der Waals surface area (Å²) in [6.07, 6.45) is 1.83. The zero-order valence-corrected chi connectivity index (χ0v) is 5.52. The highest BCUT2D eigenvalue weighted by molar-refractivity contribution is 5.53. The van der Waals surface area contributed by atoms with Crippen LogP contribution in [0.5, 0.6) is 0 Å². The van der Waals surface area contributed by atoms with E-state index in [1.807, 2.05) is 13.1 Å². The van der Waals surface area contributed by atoms with E-state index in [2.05, 4.69) is 25.8 Å². The zero-order chi connectivity index (χ0) is 5.91. The normalized spacial score (nSPS) is 13.1. The van der Waals surface area contributed by atoms with E-state index in [1.165, 1.54) is 0 Å². The van der Waals surface area contributed by atoms with Crippen LogP contribution in [0.4, 0.5) is 0 Å². The molecule has 0 saturated carbocycles. The Balaban J connectivity index is 3.56. The van der Waals surface area contributed by atoms with E-state index in [1.54, 1.807) is 0 Å². The first-order valence-corrected chi connectivity index (χ1v) is 2.56. The molecule has 0 bridgehead atoms. The average Bonchev–Trinajstić information content (AvgIpc) is 1.30. The van der Waals surface area contributed by atoms with Crippen LogP contribution in [-0.4, -0.2) is 11.8 Å². The van der Waals surface area contributed by atoms with E-state index in [0.29, 0.717) is 0 Å². The van der Waals surface area contributed by atoms with Crippen molar-refractivity contribution in [2.24, 2.45) is 4.99 Å². The van der Waals surface area contributed by atoms with Gasteiger partial charge in [-0.3, -0.25) is 4.99 Å². The first kappa shape index (κ1) is 6.67. The van der Waals surface area contributed by atoms with E-state index >= 15 is 0 Å². The molecule has 0 aliphatic carbocycles. The van der Waals surface area contributed by atoms with Crippen molar-refractivity contribution in [1.82, 2.24) is 0 Å². The van der Waals surface area contributed by atoms with Crippen molar-refractivity contribution in [2.75, 3.05) is 0 Å². The Morgan fingerprint density at radius 1 is 1.29 bits per heavy atom. The minimum absolute atomic E-state index is 0.120. The van der Waals surface area contributed by atoms with Crippen molar-refractivity contribution >= 4 is 6.21 Å². The molecule has 7 heavy (non-hydrogen) atoms. The third-order valence-electron chi connectivity index (χ3n) is 0.516. The first-order chi connectivity index (χ1) is 3.06. The molecule has 1 nitrogen and oxygen atoms in total. The molecule has 0 atom stereocenters. The van der Waals surface area contributed by atoms with Gasteiger partial charge in [-0.2, -0.15) is 0 Å². The van der Waals surface area contributed by atoms with Crippen LogP contribution in [0.25, 0.3) is 0 Å². The highest BCUT2D eigenvalue weighted by Crippen LogP contribution is 2.03. The number of nitrogens with zero attached hydrogens (tertiary/aromatic N) is 1. The summed E-state index contributed by atoms with van der Waals surface area (Å²) in [5.41, 5.74) is 0.120. The van der Waals surface area contributed by atoms with Crippen molar-refractivity contribution < 1.29 is 0 Å². The Bertz CT molecular complexity index is 66.7. The summed E-state index contributed by atoms with van der Waals surface area (Å²) < 4.78 is 0. The van der Waals surface area contributed by atoms with E-state index in [-0.39, 0.29) is 5.54 Å². The summed E-state index contributed by atoms with van der Waals surface area (Å²) in [5, 5.41) is 0. The third-order valence-corrected chi connectivity index (χ3v) is 0.516. The largest absolute Gasteiger partial charge is 0.292 e. The van der Waals surface area contributed by atoms with E-state index in [4.69, 9.17) is 0 Å². The van der Waals surface area contributed by atoms with Crippen LogP contribution in [0.15, 0.2) is 4.99 Å². The lowest BCUT2D eigenvalue weighted by Gasteiger charge is -2.09. The molecule has 0 aromatic rings. The lowest BCUT2D eigenvalue weighted by atomic mass is 10.1. The standard InChI is InChI=1S/C6H13N/c1-5-7-6(2,3)4/h5H,1-4H3/b7-5+. The second-order valence-electron chi connectivity index (χ2n) is 2.56. The second-order valence-corrected chi connectivity index (χ2v) is 2.56. The molecule has 1 heteroatoms. The van der Waals surface area contributed by atoms with Crippen LogP contribution in [-0.2, 0) is 0 Å². The van der Waals surface area contributed by atoms with Crippen molar-refractivity contribution in [1.29, 1.82) is 0 Å². The van der Waals surface area contributed by atoms with E-state index in [0.717, 1.165) is 0 Å². The Hall–Kier alpha value is -0.330. The zero-order valence-electron chi connectivity index (χ0n) is 5.52. The smallest absolute Gasteiger partial charge is 0.0520 e. The Kier molecular flexibility index (Phi) is 2.00. The highest BCUT2D eigenvalue weighted by atomic mass is 14.8. The molecule has 0 heterocycles. The monoisotopic (exact) mass is 99.1 g/mol. The van der Waals surface area contributed by atoms with Gasteiger partial charge in [0.1, 0.15) is 0 Å². The average molecular weight is 99.2 g/mol. The van der Waals surface area contributed by atoms with Gasteiger partial charge in [0.15, 0.2) is 0 Å². The molecule has 0 amide bonds. The van der Waals surface area contributed by atoms with Crippen LogP contribution in [0.3, 0.4) is 0 Å². The molecule has 0 unspecified atom stereocenters. The van der Waals surface area contributed by atoms with E-state index < -0.39 is 0 Å². The predicted molar refractivity (Wildman–Crippen MR) is 33.9 cm³/mol. The van der Waals surface area contributed by atoms with Gasteiger partial charge in [0, 0.05) is 0 Å². The first-order valence-electron chi connectivity index (χ1n) is 2.56. The lowest BCUT2D eigenvalue weighted by Crippen LogP contribution is -2.08. The molecule has 0 spiro atoms. The Morgan fingerprint density at radius 3 is 1.71 bits per heavy atom. The molecule has 0 radical (unpaired) electrons. The van der Waals surface area contributed by atoms with Gasteiger partial charge in [-0.25, -0.2) is 0 Å². The van der Waals surface area contributed by atoms with Crippen molar-refractivity contribution in [2.45, 2.75) is 33.2 Å². The molecular formula is C6H13N. The number of hydrogen-bond donors (Lipinski definition) is 0. The minimum Gasteiger partial charge on any atom is -0.292 e. The molecule has 42 valence electrons. The summed E-state index contributed by atoms with van der Waals surface area (Å²) in [6, 6.07) is 0.